The van der Waals surface area contributed by atoms with Crippen LogP contribution in [0.3, 0.4) is 0 Å². The SMILES string of the molecule is CCOc1ccc(-n2c(-c3ccccc3)nc3nc4ccccc4nc32)cc1. The third-order valence-electron chi connectivity index (χ3n) is 4.61. The molecule has 5 rings (SSSR count). The molecule has 0 spiro atoms. The zero-order valence-electron chi connectivity index (χ0n) is 15.4. The van der Waals surface area contributed by atoms with Gasteiger partial charge in [-0.1, -0.05) is 42.5 Å². The van der Waals surface area contributed by atoms with E-state index in [9.17, 15) is 0 Å². The van der Waals surface area contributed by atoms with E-state index < -0.39 is 0 Å². The monoisotopic (exact) mass is 366 g/mol. The van der Waals surface area contributed by atoms with Gasteiger partial charge in [0, 0.05) is 11.3 Å². The van der Waals surface area contributed by atoms with Gasteiger partial charge in [0.25, 0.3) is 0 Å². The average Bonchev–Trinajstić information content (AvgIpc) is 3.12. The summed E-state index contributed by atoms with van der Waals surface area (Å²) in [5, 5.41) is 0. The van der Waals surface area contributed by atoms with Gasteiger partial charge in [0.1, 0.15) is 11.6 Å². The zero-order chi connectivity index (χ0) is 18.9. The maximum Gasteiger partial charge on any atom is 0.199 e. The van der Waals surface area contributed by atoms with Crippen LogP contribution in [0.4, 0.5) is 0 Å². The number of rotatable bonds is 4. The van der Waals surface area contributed by atoms with Gasteiger partial charge >= 0.3 is 0 Å². The van der Waals surface area contributed by atoms with E-state index in [1.54, 1.807) is 0 Å². The minimum atomic E-state index is 0.631. The van der Waals surface area contributed by atoms with Gasteiger partial charge in [-0.3, -0.25) is 4.57 Å². The van der Waals surface area contributed by atoms with Crippen molar-refractivity contribution in [3.8, 4) is 22.8 Å². The summed E-state index contributed by atoms with van der Waals surface area (Å²) < 4.78 is 7.64. The molecule has 3 aromatic carbocycles. The van der Waals surface area contributed by atoms with Crippen molar-refractivity contribution in [2.24, 2.45) is 0 Å². The molecule has 0 amide bonds. The lowest BCUT2D eigenvalue weighted by molar-refractivity contribution is 0.340. The molecule has 0 fully saturated rings. The lowest BCUT2D eigenvalue weighted by atomic mass is 10.2. The first-order valence-corrected chi connectivity index (χ1v) is 9.27. The molecule has 0 aliphatic carbocycles. The topological polar surface area (TPSA) is 52.8 Å². The molecule has 2 aromatic heterocycles. The van der Waals surface area contributed by atoms with Gasteiger partial charge in [-0.2, -0.15) is 0 Å². The van der Waals surface area contributed by atoms with Gasteiger partial charge in [-0.05, 0) is 43.3 Å². The maximum atomic E-state index is 5.59. The highest BCUT2D eigenvalue weighted by Gasteiger charge is 2.17. The van der Waals surface area contributed by atoms with E-state index in [0.717, 1.165) is 39.5 Å². The smallest absolute Gasteiger partial charge is 0.199 e. The molecule has 0 radical (unpaired) electrons. The predicted molar refractivity (Wildman–Crippen MR) is 111 cm³/mol. The number of nitrogens with zero attached hydrogens (tertiary/aromatic N) is 4. The van der Waals surface area contributed by atoms with Crippen molar-refractivity contribution in [2.75, 3.05) is 6.61 Å². The Kier molecular flexibility index (Phi) is 3.98. The van der Waals surface area contributed by atoms with Crippen molar-refractivity contribution in [1.29, 1.82) is 0 Å². The molecule has 28 heavy (non-hydrogen) atoms. The van der Waals surface area contributed by atoms with Crippen LogP contribution in [0.1, 0.15) is 6.92 Å². The molecule has 136 valence electrons. The molecule has 0 N–H and O–H groups in total. The van der Waals surface area contributed by atoms with Gasteiger partial charge in [0.2, 0.25) is 0 Å². The Balaban J connectivity index is 1.79. The van der Waals surface area contributed by atoms with Crippen molar-refractivity contribution in [1.82, 2.24) is 19.5 Å². The quantitative estimate of drug-likeness (QED) is 0.447. The molecule has 0 bridgehead atoms. The number of hydrogen-bond donors (Lipinski definition) is 0. The molecule has 0 unspecified atom stereocenters. The van der Waals surface area contributed by atoms with Crippen LogP contribution in [0.2, 0.25) is 0 Å². The van der Waals surface area contributed by atoms with Crippen molar-refractivity contribution in [3.05, 3.63) is 78.9 Å². The first-order valence-electron chi connectivity index (χ1n) is 9.27. The molecule has 2 heterocycles. The molecule has 5 nitrogen and oxygen atoms in total. The van der Waals surface area contributed by atoms with E-state index in [1.807, 2.05) is 85.8 Å². The number of ether oxygens (including phenoxy) is 1. The molecule has 0 atom stereocenters. The van der Waals surface area contributed by atoms with Crippen molar-refractivity contribution in [3.63, 3.8) is 0 Å². The van der Waals surface area contributed by atoms with Gasteiger partial charge < -0.3 is 4.74 Å². The summed E-state index contributed by atoms with van der Waals surface area (Å²) in [5.41, 5.74) is 5.04. The molecule has 5 heteroatoms. The van der Waals surface area contributed by atoms with Crippen LogP contribution in [-0.2, 0) is 0 Å². The number of hydrogen-bond acceptors (Lipinski definition) is 4. The second-order valence-electron chi connectivity index (χ2n) is 6.42. The van der Waals surface area contributed by atoms with Crippen LogP contribution in [0, 0.1) is 0 Å². The summed E-state index contributed by atoms with van der Waals surface area (Å²) in [6.45, 7) is 2.62. The Morgan fingerprint density at radius 3 is 2.14 bits per heavy atom. The van der Waals surface area contributed by atoms with Crippen LogP contribution in [0.15, 0.2) is 78.9 Å². The number of aromatic nitrogens is 4. The van der Waals surface area contributed by atoms with E-state index in [2.05, 4.69) is 4.57 Å². The highest BCUT2D eigenvalue weighted by atomic mass is 16.5. The summed E-state index contributed by atoms with van der Waals surface area (Å²) in [7, 11) is 0. The van der Waals surface area contributed by atoms with Gasteiger partial charge in [0.05, 0.1) is 17.6 Å². The number of benzene rings is 3. The molecule has 0 aliphatic rings. The largest absolute Gasteiger partial charge is 0.494 e. The fourth-order valence-corrected chi connectivity index (χ4v) is 3.34. The van der Waals surface area contributed by atoms with Gasteiger partial charge in [-0.25, -0.2) is 15.0 Å². The average molecular weight is 366 g/mol. The molecule has 0 aliphatic heterocycles. The Bertz CT molecular complexity index is 1260. The van der Waals surface area contributed by atoms with Crippen molar-refractivity contribution >= 4 is 22.3 Å². The Labute approximate surface area is 162 Å². The number of fused-ring (bicyclic) bond motifs is 2. The lowest BCUT2D eigenvalue weighted by Crippen LogP contribution is -2.00. The Morgan fingerprint density at radius 2 is 1.43 bits per heavy atom. The Morgan fingerprint density at radius 1 is 0.750 bits per heavy atom. The van der Waals surface area contributed by atoms with E-state index in [-0.39, 0.29) is 0 Å². The second kappa shape index (κ2) is 6.78. The van der Waals surface area contributed by atoms with Crippen LogP contribution < -0.4 is 4.74 Å². The minimum Gasteiger partial charge on any atom is -0.494 e. The van der Waals surface area contributed by atoms with E-state index in [4.69, 9.17) is 19.7 Å². The van der Waals surface area contributed by atoms with Crippen LogP contribution >= 0.6 is 0 Å². The predicted octanol–water partition coefficient (Wildman–Crippen LogP) is 5.03. The van der Waals surface area contributed by atoms with E-state index >= 15 is 0 Å². The standard InChI is InChI=1S/C23H18N4O/c1-2-28-18-14-12-17(13-15-18)27-22(16-8-4-3-5-9-16)26-21-23(27)25-20-11-7-6-10-19(20)24-21/h3-15H,2H2,1H3. The normalized spacial score (nSPS) is 11.2. The van der Waals surface area contributed by atoms with Crippen molar-refractivity contribution in [2.45, 2.75) is 6.92 Å². The first kappa shape index (κ1) is 16.4. The third-order valence-corrected chi connectivity index (χ3v) is 4.61. The highest BCUT2D eigenvalue weighted by Crippen LogP contribution is 2.29. The third kappa shape index (κ3) is 2.77. The van der Waals surface area contributed by atoms with Gasteiger partial charge in [-0.15, -0.1) is 0 Å². The minimum absolute atomic E-state index is 0.631. The number of para-hydroxylation sites is 2. The zero-order valence-corrected chi connectivity index (χ0v) is 15.4. The Hall–Kier alpha value is -3.73. The lowest BCUT2D eigenvalue weighted by Gasteiger charge is -2.10. The number of imidazole rings is 1. The summed E-state index contributed by atoms with van der Waals surface area (Å²) in [6.07, 6.45) is 0. The van der Waals surface area contributed by atoms with Crippen LogP contribution in [0.25, 0.3) is 39.4 Å². The fraction of sp³-hybridized carbons (Fsp3) is 0.0870. The van der Waals surface area contributed by atoms with Crippen molar-refractivity contribution < 1.29 is 4.74 Å². The second-order valence-corrected chi connectivity index (χ2v) is 6.42. The summed E-state index contributed by atoms with van der Waals surface area (Å²) in [6, 6.07) is 26.0. The molecule has 5 aromatic rings. The van der Waals surface area contributed by atoms with Gasteiger partial charge in [0.15, 0.2) is 11.3 Å². The van der Waals surface area contributed by atoms with E-state index in [0.29, 0.717) is 12.3 Å². The molecular formula is C23H18N4O. The van der Waals surface area contributed by atoms with E-state index in [1.165, 1.54) is 0 Å². The first-order chi connectivity index (χ1) is 13.8. The summed E-state index contributed by atoms with van der Waals surface area (Å²) >= 11 is 0. The molecular weight excluding hydrogens is 348 g/mol. The summed E-state index contributed by atoms with van der Waals surface area (Å²) in [4.78, 5) is 14.4. The van der Waals surface area contributed by atoms with Crippen LogP contribution in [-0.4, -0.2) is 26.1 Å². The van der Waals surface area contributed by atoms with Crippen LogP contribution in [0.5, 0.6) is 5.75 Å². The molecule has 0 saturated carbocycles. The maximum absolute atomic E-state index is 5.59. The molecule has 0 saturated heterocycles. The fourth-order valence-electron chi connectivity index (χ4n) is 3.34. The summed E-state index contributed by atoms with van der Waals surface area (Å²) in [5.74, 6) is 1.66. The highest BCUT2D eigenvalue weighted by molar-refractivity contribution is 5.86.